The average Bonchev–Trinajstić information content (AvgIpc) is 0. The number of hydrogen-bond donors (Lipinski definition) is 0. The Bertz CT molecular complexity index is 8.00. The molecule has 0 unspecified atom stereocenters. The Labute approximate surface area is 69.8 Å². The van der Waals surface area contributed by atoms with Crippen LogP contribution in [-0.4, -0.2) is 17.4 Å². The molecule has 0 aliphatic carbocycles. The first-order valence-electron chi connectivity index (χ1n) is 0. The van der Waals surface area contributed by atoms with Crippen LogP contribution < -0.4 is 0 Å². The molecular formula is H3AlFeNiZn. The first-order valence-corrected chi connectivity index (χ1v) is 0. The van der Waals surface area contributed by atoms with Crippen LogP contribution in [0.5, 0.6) is 0 Å². The van der Waals surface area contributed by atoms with Gasteiger partial charge in [0, 0.05) is 53.0 Å². The summed E-state index contributed by atoms with van der Waals surface area (Å²) in [7, 11) is 0. The third-order valence-electron chi connectivity index (χ3n) is 0. The molecule has 0 atom stereocenters. The van der Waals surface area contributed by atoms with E-state index in [9.17, 15) is 0 Å². The van der Waals surface area contributed by atoms with E-state index in [1.807, 2.05) is 0 Å². The van der Waals surface area contributed by atoms with Gasteiger partial charge in [0.1, 0.15) is 0 Å². The summed E-state index contributed by atoms with van der Waals surface area (Å²) >= 11 is 0. The molecule has 0 saturated carbocycles. The van der Waals surface area contributed by atoms with Crippen molar-refractivity contribution in [2.24, 2.45) is 0 Å². The van der Waals surface area contributed by atoms with Gasteiger partial charge in [-0.15, -0.1) is 0 Å². The predicted octanol–water partition coefficient (Wildman–Crippen LogP) is -1.19. The maximum Gasteiger partial charge on any atom is 0.187 e. The van der Waals surface area contributed by atoms with E-state index in [0.717, 1.165) is 0 Å². The molecule has 0 heterocycles. The van der Waals surface area contributed by atoms with Crippen LogP contribution in [0.2, 0.25) is 0 Å². The minimum absolute atomic E-state index is 0. The summed E-state index contributed by atoms with van der Waals surface area (Å²) in [5.41, 5.74) is 0. The van der Waals surface area contributed by atoms with Gasteiger partial charge in [-0.05, 0) is 0 Å². The molecule has 0 aromatic rings. The van der Waals surface area contributed by atoms with Crippen molar-refractivity contribution >= 4 is 17.4 Å². The minimum atomic E-state index is 0. The summed E-state index contributed by atoms with van der Waals surface area (Å²) in [6.45, 7) is 0. The van der Waals surface area contributed by atoms with E-state index in [0.29, 0.717) is 0 Å². The van der Waals surface area contributed by atoms with Crippen molar-refractivity contribution in [3.8, 4) is 0 Å². The van der Waals surface area contributed by atoms with Crippen molar-refractivity contribution < 1.29 is 53.0 Å². The van der Waals surface area contributed by atoms with Crippen LogP contribution in [0.4, 0.5) is 0 Å². The van der Waals surface area contributed by atoms with Gasteiger partial charge in [0.05, 0.1) is 0 Å². The van der Waals surface area contributed by atoms with E-state index in [1.165, 1.54) is 0 Å². The minimum Gasteiger partial charge on any atom is 0 e. The molecule has 0 saturated heterocycles. The standard InChI is InChI=1S/Al.Fe.Ni.Zn.3H. The van der Waals surface area contributed by atoms with Gasteiger partial charge in [0.15, 0.2) is 17.4 Å². The fraction of sp³-hybridized carbons (Fsp3) is 0. The summed E-state index contributed by atoms with van der Waals surface area (Å²) in [5.74, 6) is 0. The molecule has 0 amide bonds. The normalized spacial score (nSPS) is 0. The number of hydrogen-bond acceptors (Lipinski definition) is 0. The van der Waals surface area contributed by atoms with Gasteiger partial charge in [-0.25, -0.2) is 0 Å². The zero-order valence-corrected chi connectivity index (χ0v) is 6.44. The van der Waals surface area contributed by atoms with Crippen LogP contribution >= 0.6 is 0 Å². The van der Waals surface area contributed by atoms with Gasteiger partial charge >= 0.3 is 0 Å². The second-order valence-electron chi connectivity index (χ2n) is 0. The van der Waals surface area contributed by atoms with Gasteiger partial charge in [-0.3, -0.25) is 0 Å². The quantitative estimate of drug-likeness (QED) is 0.441. The monoisotopic (exact) mass is 208 g/mol. The Morgan fingerprint density at radius 1 is 1.00 bits per heavy atom. The van der Waals surface area contributed by atoms with Crippen molar-refractivity contribution in [1.82, 2.24) is 0 Å². The van der Waals surface area contributed by atoms with E-state index >= 15 is 0 Å². The van der Waals surface area contributed by atoms with E-state index in [-0.39, 0.29) is 70.4 Å². The molecule has 26 valence electrons. The fourth-order valence-electron chi connectivity index (χ4n) is 0. The maximum absolute atomic E-state index is 0. The van der Waals surface area contributed by atoms with Crippen LogP contribution in [0, 0.1) is 0 Å². The SMILES string of the molecule is [AlH3].[Fe].[Ni].[Zn]. The summed E-state index contributed by atoms with van der Waals surface area (Å²) < 4.78 is 0. The smallest absolute Gasteiger partial charge is 0 e. The molecule has 0 spiro atoms. The first-order chi connectivity index (χ1) is 0. The van der Waals surface area contributed by atoms with Gasteiger partial charge in [-0.1, -0.05) is 0 Å². The number of rotatable bonds is 0. The first kappa shape index (κ1) is 35.0. The third-order valence-corrected chi connectivity index (χ3v) is 0. The summed E-state index contributed by atoms with van der Waals surface area (Å²) in [4.78, 5) is 0. The largest absolute Gasteiger partial charge is 0.187 e. The third kappa shape index (κ3) is 8.90. The molecule has 0 bridgehead atoms. The molecule has 0 nitrogen and oxygen atoms in total. The summed E-state index contributed by atoms with van der Waals surface area (Å²) in [5, 5.41) is 0. The van der Waals surface area contributed by atoms with E-state index < -0.39 is 0 Å². The van der Waals surface area contributed by atoms with Crippen LogP contribution in [-0.2, 0) is 53.0 Å². The molecule has 0 fully saturated rings. The molecule has 0 aliphatic heterocycles. The molecule has 0 aromatic carbocycles. The molecule has 0 rings (SSSR count). The van der Waals surface area contributed by atoms with Crippen molar-refractivity contribution in [1.29, 1.82) is 0 Å². The van der Waals surface area contributed by atoms with Crippen LogP contribution in [0.25, 0.3) is 0 Å². The second-order valence-corrected chi connectivity index (χ2v) is 0. The Morgan fingerprint density at radius 3 is 1.00 bits per heavy atom. The topological polar surface area (TPSA) is 0 Å². The van der Waals surface area contributed by atoms with Crippen molar-refractivity contribution in [2.45, 2.75) is 0 Å². The molecular weight excluding hydrogens is 207 g/mol. The summed E-state index contributed by atoms with van der Waals surface area (Å²) in [6, 6.07) is 0. The molecule has 0 aliphatic rings. The summed E-state index contributed by atoms with van der Waals surface area (Å²) in [6.07, 6.45) is 0. The molecule has 0 aromatic heterocycles. The van der Waals surface area contributed by atoms with Gasteiger partial charge in [0.2, 0.25) is 0 Å². The van der Waals surface area contributed by atoms with Gasteiger partial charge < -0.3 is 0 Å². The molecule has 4 heavy (non-hydrogen) atoms. The van der Waals surface area contributed by atoms with E-state index in [2.05, 4.69) is 0 Å². The van der Waals surface area contributed by atoms with E-state index in [1.54, 1.807) is 0 Å². The fourth-order valence-corrected chi connectivity index (χ4v) is 0. The molecule has 0 radical (unpaired) electrons. The van der Waals surface area contributed by atoms with E-state index in [4.69, 9.17) is 0 Å². The molecule has 4 heteroatoms. The second kappa shape index (κ2) is 19.1. The zero-order valence-electron chi connectivity index (χ0n) is 1.38. The predicted molar refractivity (Wildman–Crippen MR) is 9.94 cm³/mol. The van der Waals surface area contributed by atoms with Gasteiger partial charge in [0.25, 0.3) is 0 Å². The zero-order chi connectivity index (χ0) is 0. The Hall–Kier alpha value is 2.17. The van der Waals surface area contributed by atoms with Crippen molar-refractivity contribution in [3.05, 3.63) is 0 Å². The Morgan fingerprint density at radius 2 is 1.00 bits per heavy atom. The molecule has 0 N–H and O–H groups in total. The Kier molecular flexibility index (Phi) is 167. The Balaban J connectivity index is 0. The maximum atomic E-state index is 0. The van der Waals surface area contributed by atoms with Crippen molar-refractivity contribution in [2.75, 3.05) is 0 Å². The van der Waals surface area contributed by atoms with Gasteiger partial charge in [-0.2, -0.15) is 0 Å². The van der Waals surface area contributed by atoms with Crippen LogP contribution in [0.15, 0.2) is 0 Å². The van der Waals surface area contributed by atoms with Crippen LogP contribution in [0.3, 0.4) is 0 Å². The van der Waals surface area contributed by atoms with Crippen LogP contribution in [0.1, 0.15) is 0 Å². The van der Waals surface area contributed by atoms with Crippen molar-refractivity contribution in [3.63, 3.8) is 0 Å². The average molecular weight is 210 g/mol.